The highest BCUT2D eigenvalue weighted by molar-refractivity contribution is 5.59. The molecule has 3 N–H and O–H groups in total. The van der Waals surface area contributed by atoms with Gasteiger partial charge < -0.3 is 11.1 Å². The number of anilines is 2. The van der Waals surface area contributed by atoms with Gasteiger partial charge in [-0.05, 0) is 68.6 Å². The Morgan fingerprint density at radius 1 is 1.14 bits per heavy atom. The molecule has 1 unspecified atom stereocenters. The molecule has 0 bridgehead atoms. The van der Waals surface area contributed by atoms with Gasteiger partial charge in [-0.3, -0.25) is 0 Å². The number of rotatable bonds is 10. The smallest absolute Gasteiger partial charge is 0.0390 e. The van der Waals surface area contributed by atoms with E-state index in [1.807, 2.05) is 12.1 Å². The minimum atomic E-state index is 0.820. The molecule has 0 aromatic heterocycles. The van der Waals surface area contributed by atoms with Crippen molar-refractivity contribution in [1.29, 1.82) is 0 Å². The van der Waals surface area contributed by atoms with Crippen molar-refractivity contribution < 1.29 is 0 Å². The van der Waals surface area contributed by atoms with Crippen molar-refractivity contribution in [3.05, 3.63) is 35.9 Å². The first-order chi connectivity index (χ1) is 10.5. The van der Waals surface area contributed by atoms with Crippen LogP contribution in [0.2, 0.25) is 0 Å². The number of hydrogen-bond acceptors (Lipinski definition) is 2. The summed E-state index contributed by atoms with van der Waals surface area (Å²) in [7, 11) is 0. The van der Waals surface area contributed by atoms with Crippen LogP contribution in [-0.2, 0) is 0 Å². The summed E-state index contributed by atoms with van der Waals surface area (Å²) in [6.45, 7) is 10.1. The fourth-order valence-corrected chi connectivity index (χ4v) is 2.81. The van der Waals surface area contributed by atoms with Gasteiger partial charge in [0.15, 0.2) is 0 Å². The van der Waals surface area contributed by atoms with Gasteiger partial charge in [-0.25, -0.2) is 0 Å². The van der Waals surface area contributed by atoms with Crippen molar-refractivity contribution in [1.82, 2.24) is 0 Å². The van der Waals surface area contributed by atoms with Crippen LogP contribution in [-0.4, -0.2) is 6.54 Å². The van der Waals surface area contributed by atoms with Crippen molar-refractivity contribution in [2.45, 2.75) is 59.8 Å². The molecule has 2 heteroatoms. The highest BCUT2D eigenvalue weighted by atomic mass is 14.9. The molecule has 1 atom stereocenters. The van der Waals surface area contributed by atoms with E-state index < -0.39 is 0 Å². The molecule has 0 heterocycles. The van der Waals surface area contributed by atoms with Gasteiger partial charge in [0.25, 0.3) is 0 Å². The lowest BCUT2D eigenvalue weighted by Gasteiger charge is -2.12. The quantitative estimate of drug-likeness (QED) is 0.326. The molecule has 0 aliphatic heterocycles. The summed E-state index contributed by atoms with van der Waals surface area (Å²) in [5.41, 5.74) is 9.05. The number of allylic oxidation sites excluding steroid dienone is 2. The second kappa shape index (κ2) is 10.3. The summed E-state index contributed by atoms with van der Waals surface area (Å²) in [6.07, 6.45) is 10.9. The number of nitrogen functional groups attached to an aromatic ring is 1. The van der Waals surface area contributed by atoms with Crippen molar-refractivity contribution in [2.24, 2.45) is 11.8 Å². The van der Waals surface area contributed by atoms with Crippen molar-refractivity contribution in [3.8, 4) is 0 Å². The third-order valence-corrected chi connectivity index (χ3v) is 3.99. The number of benzene rings is 1. The van der Waals surface area contributed by atoms with E-state index in [1.165, 1.54) is 24.8 Å². The third-order valence-electron chi connectivity index (χ3n) is 3.99. The SMILES string of the molecule is Cc1ccc(N)cc1NCCCC=CCCC(C)CC(C)C. The molecule has 0 aliphatic carbocycles. The van der Waals surface area contributed by atoms with Crippen LogP contribution in [0.1, 0.15) is 58.4 Å². The minimum Gasteiger partial charge on any atom is -0.399 e. The first kappa shape index (κ1) is 18.6. The van der Waals surface area contributed by atoms with Crippen molar-refractivity contribution >= 4 is 11.4 Å². The summed E-state index contributed by atoms with van der Waals surface area (Å²) in [4.78, 5) is 0. The third kappa shape index (κ3) is 8.11. The van der Waals surface area contributed by atoms with E-state index in [-0.39, 0.29) is 0 Å². The Hall–Kier alpha value is -1.44. The molecule has 0 radical (unpaired) electrons. The Morgan fingerprint density at radius 3 is 2.59 bits per heavy atom. The standard InChI is InChI=1S/C20H34N2/c1-16(2)14-17(3)10-8-6-5-7-9-13-22-20-15-19(21)12-11-18(20)4/h5-6,11-12,15-17,22H,7-10,13-14,21H2,1-4H3. The monoisotopic (exact) mass is 302 g/mol. The molecule has 0 spiro atoms. The maximum absolute atomic E-state index is 5.82. The van der Waals surface area contributed by atoms with Gasteiger partial charge in [0.1, 0.15) is 0 Å². The predicted molar refractivity (Wildman–Crippen MR) is 100 cm³/mol. The number of aryl methyl sites for hydroxylation is 1. The van der Waals surface area contributed by atoms with Crippen LogP contribution in [0.3, 0.4) is 0 Å². The Bertz CT molecular complexity index is 449. The molecule has 1 aromatic carbocycles. The summed E-state index contributed by atoms with van der Waals surface area (Å²) in [5.74, 6) is 1.67. The zero-order valence-electron chi connectivity index (χ0n) is 14.9. The number of nitrogens with two attached hydrogens (primary N) is 1. The molecule has 0 aliphatic rings. The van der Waals surface area contributed by atoms with Crippen LogP contribution in [0.5, 0.6) is 0 Å². The largest absolute Gasteiger partial charge is 0.399 e. The molecular formula is C20H34N2. The molecule has 1 rings (SSSR count). The van der Waals surface area contributed by atoms with E-state index in [4.69, 9.17) is 5.73 Å². The van der Waals surface area contributed by atoms with Crippen LogP contribution in [0.4, 0.5) is 11.4 Å². The van der Waals surface area contributed by atoms with Crippen molar-refractivity contribution in [3.63, 3.8) is 0 Å². The molecular weight excluding hydrogens is 268 g/mol. The second-order valence-corrected chi connectivity index (χ2v) is 6.93. The minimum absolute atomic E-state index is 0.820. The Morgan fingerprint density at radius 2 is 1.86 bits per heavy atom. The Balaban J connectivity index is 2.10. The molecule has 124 valence electrons. The highest BCUT2D eigenvalue weighted by Crippen LogP contribution is 2.18. The first-order valence-electron chi connectivity index (χ1n) is 8.74. The summed E-state index contributed by atoms with van der Waals surface area (Å²) >= 11 is 0. The molecule has 0 saturated heterocycles. The van der Waals surface area contributed by atoms with E-state index in [0.717, 1.165) is 42.6 Å². The van der Waals surface area contributed by atoms with Gasteiger partial charge >= 0.3 is 0 Å². The van der Waals surface area contributed by atoms with Crippen LogP contribution < -0.4 is 11.1 Å². The van der Waals surface area contributed by atoms with Crippen LogP contribution in [0.25, 0.3) is 0 Å². The Kier molecular flexibility index (Phi) is 8.72. The van der Waals surface area contributed by atoms with Crippen LogP contribution in [0, 0.1) is 18.8 Å². The fourth-order valence-electron chi connectivity index (χ4n) is 2.81. The topological polar surface area (TPSA) is 38.0 Å². The summed E-state index contributed by atoms with van der Waals surface area (Å²) in [6, 6.07) is 6.03. The van der Waals surface area contributed by atoms with Gasteiger partial charge in [0, 0.05) is 17.9 Å². The van der Waals surface area contributed by atoms with Gasteiger partial charge in [-0.1, -0.05) is 39.0 Å². The van der Waals surface area contributed by atoms with E-state index in [9.17, 15) is 0 Å². The molecule has 2 nitrogen and oxygen atoms in total. The zero-order chi connectivity index (χ0) is 16.4. The number of nitrogens with one attached hydrogen (secondary N) is 1. The highest BCUT2D eigenvalue weighted by Gasteiger charge is 2.03. The van der Waals surface area contributed by atoms with Gasteiger partial charge in [-0.2, -0.15) is 0 Å². The zero-order valence-corrected chi connectivity index (χ0v) is 14.9. The van der Waals surface area contributed by atoms with E-state index in [1.54, 1.807) is 0 Å². The summed E-state index contributed by atoms with van der Waals surface area (Å²) < 4.78 is 0. The van der Waals surface area contributed by atoms with Gasteiger partial charge in [0.2, 0.25) is 0 Å². The fraction of sp³-hybridized carbons (Fsp3) is 0.600. The predicted octanol–water partition coefficient (Wildman–Crippen LogP) is 5.79. The molecule has 0 fully saturated rings. The lowest BCUT2D eigenvalue weighted by atomic mass is 9.95. The maximum Gasteiger partial charge on any atom is 0.0390 e. The molecule has 0 amide bonds. The van der Waals surface area contributed by atoms with Crippen LogP contribution in [0.15, 0.2) is 30.4 Å². The van der Waals surface area contributed by atoms with Crippen molar-refractivity contribution in [2.75, 3.05) is 17.6 Å². The first-order valence-corrected chi connectivity index (χ1v) is 8.74. The average Bonchev–Trinajstić information content (AvgIpc) is 2.44. The normalized spacial score (nSPS) is 13.0. The maximum atomic E-state index is 5.82. The van der Waals surface area contributed by atoms with E-state index >= 15 is 0 Å². The summed E-state index contributed by atoms with van der Waals surface area (Å²) in [5, 5.41) is 3.47. The number of unbranched alkanes of at least 4 members (excludes halogenated alkanes) is 1. The Labute approximate surface area is 137 Å². The number of hydrogen-bond donors (Lipinski definition) is 2. The second-order valence-electron chi connectivity index (χ2n) is 6.93. The lowest BCUT2D eigenvalue weighted by molar-refractivity contribution is 0.418. The van der Waals surface area contributed by atoms with Gasteiger partial charge in [-0.15, -0.1) is 0 Å². The average molecular weight is 303 g/mol. The molecule has 1 aromatic rings. The van der Waals surface area contributed by atoms with E-state index in [2.05, 4.69) is 51.2 Å². The van der Waals surface area contributed by atoms with E-state index in [0.29, 0.717) is 0 Å². The lowest BCUT2D eigenvalue weighted by Crippen LogP contribution is -2.03. The molecule has 0 saturated carbocycles. The van der Waals surface area contributed by atoms with Gasteiger partial charge in [0.05, 0.1) is 0 Å². The van der Waals surface area contributed by atoms with Crippen LogP contribution >= 0.6 is 0 Å². The molecule has 22 heavy (non-hydrogen) atoms.